The van der Waals surface area contributed by atoms with Gasteiger partial charge in [-0.15, -0.1) is 0 Å². The van der Waals surface area contributed by atoms with E-state index in [0.29, 0.717) is 36.2 Å². The minimum absolute atomic E-state index is 0.489. The van der Waals surface area contributed by atoms with E-state index >= 15 is 0 Å². The minimum atomic E-state index is 0.489. The van der Waals surface area contributed by atoms with Gasteiger partial charge in [0, 0.05) is 17.0 Å². The Morgan fingerprint density at radius 1 is 0.969 bits per heavy atom. The van der Waals surface area contributed by atoms with Gasteiger partial charge in [0.1, 0.15) is 5.75 Å². The van der Waals surface area contributed by atoms with Crippen LogP contribution in [0.4, 0.5) is 5.13 Å². The second kappa shape index (κ2) is 10.8. The first kappa shape index (κ1) is 21.9. The standard InChI is InChI=1S/C24H22ClN3O3S/c1-29-21-8-3-4-9-22(21)31-14-6-13-30-20-12-11-18(25)15-17(20)16-26-28-24-27-19-7-2-5-10-23(19)32-24/h2-5,7-12,15-16H,6,13-14H2,1H3,(H,27,28)/b26-16+. The molecule has 0 unspecified atom stereocenters. The number of aromatic nitrogens is 1. The molecule has 8 heteroatoms. The van der Waals surface area contributed by atoms with Crippen LogP contribution in [0, 0.1) is 0 Å². The summed E-state index contributed by atoms with van der Waals surface area (Å²) in [6.07, 6.45) is 2.39. The Labute approximate surface area is 195 Å². The van der Waals surface area contributed by atoms with E-state index in [9.17, 15) is 0 Å². The summed E-state index contributed by atoms with van der Waals surface area (Å²) in [6.45, 7) is 0.999. The van der Waals surface area contributed by atoms with Crippen LogP contribution in [0.3, 0.4) is 0 Å². The predicted octanol–water partition coefficient (Wildman–Crippen LogP) is 6.25. The van der Waals surface area contributed by atoms with Gasteiger partial charge in [-0.25, -0.2) is 4.98 Å². The molecule has 0 saturated heterocycles. The maximum absolute atomic E-state index is 6.17. The molecule has 0 aliphatic carbocycles. The molecule has 1 heterocycles. The van der Waals surface area contributed by atoms with Crippen molar-refractivity contribution in [1.82, 2.24) is 4.98 Å². The summed E-state index contributed by atoms with van der Waals surface area (Å²) in [5, 5.41) is 5.64. The average molecular weight is 468 g/mol. The third kappa shape index (κ3) is 5.69. The largest absolute Gasteiger partial charge is 0.493 e. The number of hydrazone groups is 1. The molecule has 6 nitrogen and oxygen atoms in total. The van der Waals surface area contributed by atoms with E-state index in [0.717, 1.165) is 26.7 Å². The lowest BCUT2D eigenvalue weighted by molar-refractivity contribution is 0.240. The normalized spacial score (nSPS) is 11.1. The smallest absolute Gasteiger partial charge is 0.204 e. The lowest BCUT2D eigenvalue weighted by atomic mass is 10.2. The zero-order valence-corrected chi connectivity index (χ0v) is 19.0. The van der Waals surface area contributed by atoms with Crippen LogP contribution in [0.5, 0.6) is 17.2 Å². The highest BCUT2D eigenvalue weighted by Crippen LogP contribution is 2.27. The van der Waals surface area contributed by atoms with Gasteiger partial charge in [0.2, 0.25) is 5.13 Å². The molecule has 0 aliphatic heterocycles. The fraction of sp³-hybridized carbons (Fsp3) is 0.167. The van der Waals surface area contributed by atoms with Gasteiger partial charge in [0.15, 0.2) is 11.5 Å². The molecule has 0 fully saturated rings. The Hall–Kier alpha value is -3.29. The highest BCUT2D eigenvalue weighted by molar-refractivity contribution is 7.22. The van der Waals surface area contributed by atoms with Crippen molar-refractivity contribution in [3.63, 3.8) is 0 Å². The second-order valence-electron chi connectivity index (χ2n) is 6.74. The number of hydrogen-bond acceptors (Lipinski definition) is 7. The van der Waals surface area contributed by atoms with Crippen molar-refractivity contribution in [2.75, 3.05) is 25.7 Å². The molecule has 1 aromatic heterocycles. The Morgan fingerprint density at radius 2 is 1.72 bits per heavy atom. The van der Waals surface area contributed by atoms with Crippen LogP contribution in [0.2, 0.25) is 5.02 Å². The topological polar surface area (TPSA) is 65.0 Å². The monoisotopic (exact) mass is 467 g/mol. The van der Waals surface area contributed by atoms with Gasteiger partial charge in [0.05, 0.1) is 36.8 Å². The number of ether oxygens (including phenoxy) is 3. The zero-order chi connectivity index (χ0) is 22.2. The molecular formula is C24H22ClN3O3S. The fourth-order valence-corrected chi connectivity index (χ4v) is 3.99. The van der Waals surface area contributed by atoms with Gasteiger partial charge in [-0.2, -0.15) is 5.10 Å². The Kier molecular flexibility index (Phi) is 7.42. The molecule has 0 radical (unpaired) electrons. The Morgan fingerprint density at radius 3 is 2.53 bits per heavy atom. The summed E-state index contributed by atoms with van der Waals surface area (Å²) >= 11 is 7.71. The highest BCUT2D eigenvalue weighted by atomic mass is 35.5. The molecule has 0 atom stereocenters. The molecule has 0 spiro atoms. The number of hydrogen-bond donors (Lipinski definition) is 1. The maximum Gasteiger partial charge on any atom is 0.204 e. The number of nitrogens with one attached hydrogen (secondary N) is 1. The predicted molar refractivity (Wildman–Crippen MR) is 131 cm³/mol. The summed E-state index contributed by atoms with van der Waals surface area (Å²) in [7, 11) is 1.63. The van der Waals surface area contributed by atoms with Crippen LogP contribution in [-0.2, 0) is 0 Å². The van der Waals surface area contributed by atoms with E-state index in [1.807, 2.05) is 60.7 Å². The first-order valence-corrected chi connectivity index (χ1v) is 11.3. The summed E-state index contributed by atoms with van der Waals surface area (Å²) in [5.74, 6) is 2.13. The first-order valence-electron chi connectivity index (χ1n) is 10.1. The number of fused-ring (bicyclic) bond motifs is 1. The van der Waals surface area contributed by atoms with Crippen molar-refractivity contribution in [2.24, 2.45) is 5.10 Å². The quantitative estimate of drug-likeness (QED) is 0.169. The third-order valence-corrected chi connectivity index (χ3v) is 5.68. The summed E-state index contributed by atoms with van der Waals surface area (Å²) in [5.41, 5.74) is 4.70. The van der Waals surface area contributed by atoms with Crippen LogP contribution in [-0.4, -0.2) is 31.5 Å². The number of benzene rings is 3. The van der Waals surface area contributed by atoms with Gasteiger partial charge in [-0.1, -0.05) is 47.2 Å². The number of nitrogens with zero attached hydrogens (tertiary/aromatic N) is 2. The summed E-state index contributed by atoms with van der Waals surface area (Å²) < 4.78 is 18.1. The Bertz CT molecular complexity index is 1180. The van der Waals surface area contributed by atoms with Crippen molar-refractivity contribution >= 4 is 44.5 Å². The summed E-state index contributed by atoms with van der Waals surface area (Å²) in [4.78, 5) is 4.50. The Balaban J connectivity index is 1.32. The average Bonchev–Trinajstić information content (AvgIpc) is 3.23. The van der Waals surface area contributed by atoms with E-state index in [1.165, 1.54) is 0 Å². The molecule has 0 amide bonds. The van der Waals surface area contributed by atoms with Crippen molar-refractivity contribution in [3.05, 3.63) is 77.3 Å². The highest BCUT2D eigenvalue weighted by Gasteiger charge is 2.06. The van der Waals surface area contributed by atoms with Crippen LogP contribution >= 0.6 is 22.9 Å². The third-order valence-electron chi connectivity index (χ3n) is 4.50. The number of rotatable bonds is 10. The molecule has 4 aromatic rings. The second-order valence-corrected chi connectivity index (χ2v) is 8.21. The summed E-state index contributed by atoms with van der Waals surface area (Å²) in [6, 6.07) is 21.0. The number of methoxy groups -OCH3 is 1. The van der Waals surface area contributed by atoms with Gasteiger partial charge in [-0.05, 0) is 42.5 Å². The lowest BCUT2D eigenvalue weighted by Crippen LogP contribution is -2.06. The van der Waals surface area contributed by atoms with E-state index in [4.69, 9.17) is 25.8 Å². The van der Waals surface area contributed by atoms with Crippen LogP contribution in [0.15, 0.2) is 71.8 Å². The van der Waals surface area contributed by atoms with Gasteiger partial charge >= 0.3 is 0 Å². The first-order chi connectivity index (χ1) is 15.7. The molecule has 3 aromatic carbocycles. The van der Waals surface area contributed by atoms with Gasteiger partial charge in [-0.3, -0.25) is 5.43 Å². The lowest BCUT2D eigenvalue weighted by Gasteiger charge is -2.12. The SMILES string of the molecule is COc1ccccc1OCCCOc1ccc(Cl)cc1/C=N/Nc1nc2ccccc2s1. The molecule has 1 N–H and O–H groups in total. The van der Waals surface area contributed by atoms with Gasteiger partial charge < -0.3 is 14.2 Å². The molecule has 0 aliphatic rings. The molecular weight excluding hydrogens is 446 g/mol. The number of anilines is 1. The van der Waals surface area contributed by atoms with Crippen molar-refractivity contribution < 1.29 is 14.2 Å². The van der Waals surface area contributed by atoms with Crippen molar-refractivity contribution in [3.8, 4) is 17.2 Å². The minimum Gasteiger partial charge on any atom is -0.493 e. The molecule has 0 bridgehead atoms. The number of thiazole rings is 1. The van der Waals surface area contributed by atoms with Gasteiger partial charge in [0.25, 0.3) is 0 Å². The molecule has 0 saturated carbocycles. The van der Waals surface area contributed by atoms with Crippen LogP contribution < -0.4 is 19.6 Å². The molecule has 164 valence electrons. The van der Waals surface area contributed by atoms with Crippen LogP contribution in [0.25, 0.3) is 10.2 Å². The van der Waals surface area contributed by atoms with Crippen LogP contribution in [0.1, 0.15) is 12.0 Å². The molecule has 4 rings (SSSR count). The van der Waals surface area contributed by atoms with E-state index in [2.05, 4.69) is 15.5 Å². The van der Waals surface area contributed by atoms with Crippen molar-refractivity contribution in [1.29, 1.82) is 0 Å². The van der Waals surface area contributed by atoms with E-state index < -0.39 is 0 Å². The van der Waals surface area contributed by atoms with E-state index in [-0.39, 0.29) is 0 Å². The molecule has 32 heavy (non-hydrogen) atoms. The number of para-hydroxylation sites is 3. The fourth-order valence-electron chi connectivity index (χ4n) is 2.99. The van der Waals surface area contributed by atoms with E-state index in [1.54, 1.807) is 30.7 Å². The zero-order valence-electron chi connectivity index (χ0n) is 17.5. The maximum atomic E-state index is 6.17. The number of halogens is 1. The van der Waals surface area contributed by atoms with Crippen molar-refractivity contribution in [2.45, 2.75) is 6.42 Å².